The fraction of sp³-hybridized carbons (Fsp3) is 0.923. The molecule has 16 heavy (non-hydrogen) atoms. The zero-order valence-electron chi connectivity index (χ0n) is 10.6. The number of hydrogen-bond donors (Lipinski definition) is 1. The first-order valence-electron chi connectivity index (χ1n) is 6.69. The minimum atomic E-state index is 0.0154. The number of rotatable bonds is 4. The van der Waals surface area contributed by atoms with E-state index in [4.69, 9.17) is 0 Å². The maximum absolute atomic E-state index is 12.1. The van der Waals surface area contributed by atoms with Crippen molar-refractivity contribution in [2.75, 3.05) is 19.6 Å². The van der Waals surface area contributed by atoms with Crippen LogP contribution >= 0.6 is 0 Å². The van der Waals surface area contributed by atoms with Crippen LogP contribution in [0.4, 0.5) is 0 Å². The molecule has 1 N–H and O–H groups in total. The Kier molecular flexibility index (Phi) is 3.53. The number of carbonyl (C=O) groups excluding carboxylic acids is 1. The van der Waals surface area contributed by atoms with Crippen molar-refractivity contribution in [1.29, 1.82) is 0 Å². The van der Waals surface area contributed by atoms with Gasteiger partial charge in [0.1, 0.15) is 0 Å². The van der Waals surface area contributed by atoms with E-state index in [2.05, 4.69) is 17.1 Å². The Morgan fingerprint density at radius 2 is 2.19 bits per heavy atom. The smallest absolute Gasteiger partial charge is 0.239 e. The molecule has 0 bridgehead atoms. The molecular weight excluding hydrogens is 200 g/mol. The van der Waals surface area contributed by atoms with Crippen LogP contribution in [0.25, 0.3) is 0 Å². The molecule has 1 aliphatic carbocycles. The van der Waals surface area contributed by atoms with Crippen molar-refractivity contribution in [3.8, 4) is 0 Å². The van der Waals surface area contributed by atoms with Crippen LogP contribution in [0.3, 0.4) is 0 Å². The van der Waals surface area contributed by atoms with Gasteiger partial charge in [-0.1, -0.05) is 19.8 Å². The van der Waals surface area contributed by atoms with Crippen LogP contribution in [-0.2, 0) is 4.79 Å². The largest absolute Gasteiger partial charge is 0.341 e. The molecule has 1 saturated heterocycles. The van der Waals surface area contributed by atoms with Crippen LogP contribution in [0.1, 0.15) is 46.0 Å². The fourth-order valence-electron chi connectivity index (χ4n) is 2.52. The zero-order chi connectivity index (χ0) is 11.6. The lowest BCUT2D eigenvalue weighted by molar-refractivity contribution is -0.132. The van der Waals surface area contributed by atoms with Gasteiger partial charge in [0.05, 0.1) is 6.04 Å². The highest BCUT2D eigenvalue weighted by Crippen LogP contribution is 2.46. The normalized spacial score (nSPS) is 28.2. The van der Waals surface area contributed by atoms with Gasteiger partial charge in [-0.15, -0.1) is 0 Å². The molecule has 2 fully saturated rings. The first kappa shape index (κ1) is 11.9. The molecule has 1 atom stereocenters. The van der Waals surface area contributed by atoms with E-state index < -0.39 is 0 Å². The molecule has 0 aromatic rings. The standard InChI is InChI=1S/C13H24N2O/c1-3-4-5-8-15-10-13(6-7-13)9-14-11(2)12(15)16/h11,14H,3-10H2,1-2H3. The van der Waals surface area contributed by atoms with Gasteiger partial charge < -0.3 is 10.2 Å². The fourth-order valence-corrected chi connectivity index (χ4v) is 2.52. The highest BCUT2D eigenvalue weighted by molar-refractivity contribution is 5.81. The molecule has 2 aliphatic rings. The SMILES string of the molecule is CCCCCN1CC2(CC2)CNC(C)C1=O. The minimum Gasteiger partial charge on any atom is -0.341 e. The highest BCUT2D eigenvalue weighted by Gasteiger charge is 2.46. The number of nitrogens with zero attached hydrogens (tertiary/aromatic N) is 1. The Morgan fingerprint density at radius 1 is 1.44 bits per heavy atom. The number of carbonyl (C=O) groups is 1. The van der Waals surface area contributed by atoms with Crippen molar-refractivity contribution in [2.45, 2.75) is 52.0 Å². The van der Waals surface area contributed by atoms with Gasteiger partial charge in [-0.2, -0.15) is 0 Å². The molecule has 1 spiro atoms. The van der Waals surface area contributed by atoms with Gasteiger partial charge in [-0.05, 0) is 26.2 Å². The van der Waals surface area contributed by atoms with Crippen molar-refractivity contribution in [2.24, 2.45) is 5.41 Å². The molecule has 1 aliphatic heterocycles. The predicted octanol–water partition coefficient (Wildman–Crippen LogP) is 1.78. The summed E-state index contributed by atoms with van der Waals surface area (Å²) >= 11 is 0. The Hall–Kier alpha value is -0.570. The molecule has 3 heteroatoms. The van der Waals surface area contributed by atoms with Crippen LogP contribution in [0.2, 0.25) is 0 Å². The predicted molar refractivity (Wildman–Crippen MR) is 65.2 cm³/mol. The van der Waals surface area contributed by atoms with E-state index >= 15 is 0 Å². The Balaban J connectivity index is 1.93. The lowest BCUT2D eigenvalue weighted by Gasteiger charge is -2.24. The summed E-state index contributed by atoms with van der Waals surface area (Å²) in [6.45, 7) is 7.19. The van der Waals surface area contributed by atoms with Gasteiger partial charge in [0.25, 0.3) is 0 Å². The number of unbranched alkanes of at least 4 members (excludes halogenated alkanes) is 2. The van der Waals surface area contributed by atoms with Gasteiger partial charge in [-0.3, -0.25) is 4.79 Å². The number of nitrogens with one attached hydrogen (secondary N) is 1. The summed E-state index contributed by atoms with van der Waals surface area (Å²) in [5, 5.41) is 3.38. The molecule has 0 aromatic heterocycles. The number of hydrogen-bond acceptors (Lipinski definition) is 2. The summed E-state index contributed by atoms with van der Waals surface area (Å²) in [6.07, 6.45) is 6.21. The summed E-state index contributed by atoms with van der Waals surface area (Å²) < 4.78 is 0. The van der Waals surface area contributed by atoms with Gasteiger partial charge in [0, 0.05) is 25.0 Å². The van der Waals surface area contributed by atoms with Gasteiger partial charge in [0.15, 0.2) is 0 Å². The van der Waals surface area contributed by atoms with Crippen LogP contribution in [0.5, 0.6) is 0 Å². The van der Waals surface area contributed by atoms with E-state index in [1.165, 1.54) is 25.7 Å². The molecule has 0 radical (unpaired) electrons. The van der Waals surface area contributed by atoms with Crippen LogP contribution in [-0.4, -0.2) is 36.5 Å². The summed E-state index contributed by atoms with van der Waals surface area (Å²) in [4.78, 5) is 14.2. The second-order valence-electron chi connectivity index (χ2n) is 5.57. The monoisotopic (exact) mass is 224 g/mol. The third kappa shape index (κ3) is 2.57. The molecule has 92 valence electrons. The summed E-state index contributed by atoms with van der Waals surface area (Å²) in [5.41, 5.74) is 0.437. The summed E-state index contributed by atoms with van der Waals surface area (Å²) in [7, 11) is 0. The molecule has 1 unspecified atom stereocenters. The van der Waals surface area contributed by atoms with Crippen molar-refractivity contribution in [3.05, 3.63) is 0 Å². The zero-order valence-corrected chi connectivity index (χ0v) is 10.6. The van der Waals surface area contributed by atoms with E-state index in [-0.39, 0.29) is 6.04 Å². The van der Waals surface area contributed by atoms with Crippen LogP contribution < -0.4 is 5.32 Å². The number of amides is 1. The Morgan fingerprint density at radius 3 is 2.81 bits per heavy atom. The van der Waals surface area contributed by atoms with Crippen LogP contribution in [0.15, 0.2) is 0 Å². The maximum atomic E-state index is 12.1. The summed E-state index contributed by atoms with van der Waals surface area (Å²) in [6, 6.07) is 0.0154. The first-order chi connectivity index (χ1) is 7.67. The lowest BCUT2D eigenvalue weighted by Crippen LogP contribution is -2.42. The first-order valence-corrected chi connectivity index (χ1v) is 6.69. The van der Waals surface area contributed by atoms with E-state index in [0.717, 1.165) is 26.1 Å². The lowest BCUT2D eigenvalue weighted by atomic mass is 10.1. The van der Waals surface area contributed by atoms with Gasteiger partial charge >= 0.3 is 0 Å². The molecular formula is C13H24N2O. The van der Waals surface area contributed by atoms with Crippen LogP contribution in [0, 0.1) is 5.41 Å². The minimum absolute atomic E-state index is 0.0154. The molecule has 1 amide bonds. The Bertz CT molecular complexity index is 261. The molecule has 1 saturated carbocycles. The summed E-state index contributed by atoms with van der Waals surface area (Å²) in [5.74, 6) is 0.305. The molecule has 3 nitrogen and oxygen atoms in total. The highest BCUT2D eigenvalue weighted by atomic mass is 16.2. The second kappa shape index (κ2) is 4.74. The van der Waals surface area contributed by atoms with Crippen molar-refractivity contribution in [3.63, 3.8) is 0 Å². The van der Waals surface area contributed by atoms with E-state index in [0.29, 0.717) is 11.3 Å². The van der Waals surface area contributed by atoms with Crippen molar-refractivity contribution < 1.29 is 4.79 Å². The molecule has 0 aromatic carbocycles. The van der Waals surface area contributed by atoms with Crippen molar-refractivity contribution in [1.82, 2.24) is 10.2 Å². The van der Waals surface area contributed by atoms with Crippen molar-refractivity contribution >= 4 is 5.91 Å². The molecule has 2 rings (SSSR count). The average molecular weight is 224 g/mol. The molecule has 1 heterocycles. The topological polar surface area (TPSA) is 32.3 Å². The third-order valence-corrected chi connectivity index (χ3v) is 3.98. The van der Waals surface area contributed by atoms with E-state index in [9.17, 15) is 4.79 Å². The maximum Gasteiger partial charge on any atom is 0.239 e. The van der Waals surface area contributed by atoms with E-state index in [1.807, 2.05) is 6.92 Å². The van der Waals surface area contributed by atoms with E-state index in [1.54, 1.807) is 0 Å². The Labute approximate surface area is 98.6 Å². The van der Waals surface area contributed by atoms with Gasteiger partial charge in [0.2, 0.25) is 5.91 Å². The second-order valence-corrected chi connectivity index (χ2v) is 5.57. The van der Waals surface area contributed by atoms with Gasteiger partial charge in [-0.25, -0.2) is 0 Å². The third-order valence-electron chi connectivity index (χ3n) is 3.98. The average Bonchev–Trinajstić information content (AvgIpc) is 3.05. The quantitative estimate of drug-likeness (QED) is 0.738.